The van der Waals surface area contributed by atoms with Crippen LogP contribution in [0, 0.1) is 11.6 Å². The van der Waals surface area contributed by atoms with E-state index in [9.17, 15) is 18.4 Å². The Balaban J connectivity index is 1.81. The van der Waals surface area contributed by atoms with Gasteiger partial charge < -0.3 is 10.4 Å². The summed E-state index contributed by atoms with van der Waals surface area (Å²) in [6.07, 6.45) is 1.63. The Morgan fingerprint density at radius 3 is 2.44 bits per heavy atom. The molecule has 25 heavy (non-hydrogen) atoms. The number of nitrogens with one attached hydrogen (secondary N) is 1. The number of aliphatic carboxylic acids is 1. The smallest absolute Gasteiger partial charge is 0.307 e. The normalized spacial score (nSPS) is 15.3. The molecule has 0 atom stereocenters. The first kappa shape index (κ1) is 17.1. The molecule has 6 heteroatoms. The Labute approximate surface area is 143 Å². The fraction of sp³-hybridized carbons (Fsp3) is 0.263. The van der Waals surface area contributed by atoms with Gasteiger partial charge in [-0.1, -0.05) is 24.6 Å². The molecule has 0 bridgehead atoms. The SMILES string of the molecule is O=C(O)Cc1ccc(NC(=O)C2(c3cccc(F)c3)CCC2)cc1F. The molecule has 1 aliphatic carbocycles. The minimum Gasteiger partial charge on any atom is -0.481 e. The lowest BCUT2D eigenvalue weighted by atomic mass is 9.63. The highest BCUT2D eigenvalue weighted by Crippen LogP contribution is 2.44. The minimum absolute atomic E-state index is 0.0500. The Morgan fingerprint density at radius 1 is 1.12 bits per heavy atom. The molecule has 0 aromatic heterocycles. The summed E-state index contributed by atoms with van der Waals surface area (Å²) in [6.45, 7) is 0. The average Bonchev–Trinajstić information content (AvgIpc) is 2.48. The van der Waals surface area contributed by atoms with Crippen LogP contribution in [0.25, 0.3) is 0 Å². The second-order valence-electron chi connectivity index (χ2n) is 6.28. The lowest BCUT2D eigenvalue weighted by Gasteiger charge is -2.40. The van der Waals surface area contributed by atoms with Crippen molar-refractivity contribution in [1.29, 1.82) is 0 Å². The van der Waals surface area contributed by atoms with Gasteiger partial charge in [-0.15, -0.1) is 0 Å². The first-order chi connectivity index (χ1) is 11.9. The van der Waals surface area contributed by atoms with Crippen molar-refractivity contribution in [3.05, 3.63) is 65.2 Å². The molecule has 1 fully saturated rings. The van der Waals surface area contributed by atoms with Crippen molar-refractivity contribution in [1.82, 2.24) is 0 Å². The second kappa shape index (κ2) is 6.63. The van der Waals surface area contributed by atoms with Crippen LogP contribution >= 0.6 is 0 Å². The number of halogens is 2. The topological polar surface area (TPSA) is 66.4 Å². The predicted molar refractivity (Wildman–Crippen MR) is 88.3 cm³/mol. The number of carboxylic acid groups (broad SMARTS) is 1. The Bertz CT molecular complexity index is 831. The summed E-state index contributed by atoms with van der Waals surface area (Å²) in [5.41, 5.74) is 0.103. The summed E-state index contributed by atoms with van der Waals surface area (Å²) in [6, 6.07) is 9.89. The molecule has 2 N–H and O–H groups in total. The number of hydrogen-bond acceptors (Lipinski definition) is 2. The molecule has 1 aliphatic rings. The zero-order valence-electron chi connectivity index (χ0n) is 13.4. The quantitative estimate of drug-likeness (QED) is 0.869. The molecule has 0 unspecified atom stereocenters. The summed E-state index contributed by atoms with van der Waals surface area (Å²) in [5.74, 6) is -2.53. The van der Waals surface area contributed by atoms with E-state index in [0.717, 1.165) is 12.5 Å². The summed E-state index contributed by atoms with van der Waals surface area (Å²) < 4.78 is 27.5. The van der Waals surface area contributed by atoms with E-state index in [1.807, 2.05) is 0 Å². The van der Waals surface area contributed by atoms with Gasteiger partial charge in [-0.05, 0) is 48.2 Å². The van der Waals surface area contributed by atoms with Crippen LogP contribution in [0.5, 0.6) is 0 Å². The van der Waals surface area contributed by atoms with Crippen molar-refractivity contribution in [2.75, 3.05) is 5.32 Å². The molecule has 2 aromatic rings. The third kappa shape index (κ3) is 3.38. The minimum atomic E-state index is -1.13. The number of carboxylic acids is 1. The first-order valence-corrected chi connectivity index (χ1v) is 7.98. The van der Waals surface area contributed by atoms with Crippen LogP contribution in [0.1, 0.15) is 30.4 Å². The van der Waals surface area contributed by atoms with Crippen LogP contribution < -0.4 is 5.32 Å². The van der Waals surface area contributed by atoms with Gasteiger partial charge in [-0.3, -0.25) is 9.59 Å². The van der Waals surface area contributed by atoms with Crippen LogP contribution in [0.2, 0.25) is 0 Å². The monoisotopic (exact) mass is 345 g/mol. The Kier molecular flexibility index (Phi) is 4.53. The molecular weight excluding hydrogens is 328 g/mol. The van der Waals surface area contributed by atoms with Gasteiger partial charge in [-0.25, -0.2) is 8.78 Å². The van der Waals surface area contributed by atoms with E-state index in [1.165, 1.54) is 24.3 Å². The number of rotatable bonds is 5. The van der Waals surface area contributed by atoms with Crippen molar-refractivity contribution >= 4 is 17.6 Å². The number of hydrogen-bond donors (Lipinski definition) is 2. The molecule has 1 saturated carbocycles. The van der Waals surface area contributed by atoms with Gasteiger partial charge in [0.1, 0.15) is 11.6 Å². The maximum absolute atomic E-state index is 14.0. The highest BCUT2D eigenvalue weighted by atomic mass is 19.1. The molecule has 0 aliphatic heterocycles. The average molecular weight is 345 g/mol. The first-order valence-electron chi connectivity index (χ1n) is 7.98. The molecule has 1 amide bonds. The number of amides is 1. The van der Waals surface area contributed by atoms with E-state index in [-0.39, 0.29) is 17.2 Å². The van der Waals surface area contributed by atoms with E-state index >= 15 is 0 Å². The Hall–Kier alpha value is -2.76. The number of benzene rings is 2. The fourth-order valence-corrected chi connectivity index (χ4v) is 3.15. The molecular formula is C19H17F2NO3. The van der Waals surface area contributed by atoms with Crippen molar-refractivity contribution in [3.8, 4) is 0 Å². The second-order valence-corrected chi connectivity index (χ2v) is 6.28. The summed E-state index contributed by atoms with van der Waals surface area (Å²) >= 11 is 0. The van der Waals surface area contributed by atoms with Gasteiger partial charge in [0.15, 0.2) is 0 Å². The van der Waals surface area contributed by atoms with Crippen LogP contribution in [-0.4, -0.2) is 17.0 Å². The van der Waals surface area contributed by atoms with Gasteiger partial charge in [0.05, 0.1) is 11.8 Å². The molecule has 3 rings (SSSR count). The molecule has 0 saturated heterocycles. The summed E-state index contributed by atoms with van der Waals surface area (Å²) in [7, 11) is 0. The molecule has 0 heterocycles. The van der Waals surface area contributed by atoms with Gasteiger partial charge in [0.2, 0.25) is 5.91 Å². The molecule has 0 radical (unpaired) electrons. The van der Waals surface area contributed by atoms with Crippen molar-refractivity contribution < 1.29 is 23.5 Å². The molecule has 2 aromatic carbocycles. The largest absolute Gasteiger partial charge is 0.481 e. The number of carbonyl (C=O) groups is 2. The van der Waals surface area contributed by atoms with Gasteiger partial charge in [-0.2, -0.15) is 0 Å². The van der Waals surface area contributed by atoms with Gasteiger partial charge in [0.25, 0.3) is 0 Å². The highest BCUT2D eigenvalue weighted by molar-refractivity contribution is 6.00. The van der Waals surface area contributed by atoms with Crippen LogP contribution in [0.4, 0.5) is 14.5 Å². The maximum atomic E-state index is 14.0. The third-order valence-corrected chi connectivity index (χ3v) is 4.67. The predicted octanol–water partition coefficient (Wildman–Crippen LogP) is 3.65. The summed E-state index contributed by atoms with van der Waals surface area (Å²) in [4.78, 5) is 23.4. The fourth-order valence-electron chi connectivity index (χ4n) is 3.15. The highest BCUT2D eigenvalue weighted by Gasteiger charge is 2.45. The molecule has 0 spiro atoms. The number of anilines is 1. The zero-order valence-corrected chi connectivity index (χ0v) is 13.4. The van der Waals surface area contributed by atoms with Gasteiger partial charge >= 0.3 is 5.97 Å². The Morgan fingerprint density at radius 2 is 1.88 bits per heavy atom. The summed E-state index contributed by atoms with van der Waals surface area (Å²) in [5, 5.41) is 11.4. The van der Waals surface area contributed by atoms with E-state index in [4.69, 9.17) is 5.11 Å². The van der Waals surface area contributed by atoms with E-state index in [2.05, 4.69) is 5.32 Å². The lowest BCUT2D eigenvalue weighted by molar-refractivity contribution is -0.136. The van der Waals surface area contributed by atoms with E-state index < -0.39 is 29.4 Å². The van der Waals surface area contributed by atoms with Crippen molar-refractivity contribution in [2.24, 2.45) is 0 Å². The van der Waals surface area contributed by atoms with Crippen molar-refractivity contribution in [2.45, 2.75) is 31.1 Å². The maximum Gasteiger partial charge on any atom is 0.307 e. The van der Waals surface area contributed by atoms with Crippen LogP contribution in [-0.2, 0) is 21.4 Å². The third-order valence-electron chi connectivity index (χ3n) is 4.67. The van der Waals surface area contributed by atoms with E-state index in [1.54, 1.807) is 12.1 Å². The zero-order chi connectivity index (χ0) is 18.0. The molecule has 130 valence electrons. The van der Waals surface area contributed by atoms with Crippen molar-refractivity contribution in [3.63, 3.8) is 0 Å². The van der Waals surface area contributed by atoms with Gasteiger partial charge in [0, 0.05) is 5.69 Å². The molecule has 4 nitrogen and oxygen atoms in total. The number of carbonyl (C=O) groups excluding carboxylic acids is 1. The van der Waals surface area contributed by atoms with Crippen LogP contribution in [0.3, 0.4) is 0 Å². The van der Waals surface area contributed by atoms with E-state index in [0.29, 0.717) is 18.4 Å². The van der Waals surface area contributed by atoms with Crippen LogP contribution in [0.15, 0.2) is 42.5 Å². The lowest BCUT2D eigenvalue weighted by Crippen LogP contribution is -2.46. The standard InChI is InChI=1S/C19H17F2NO3/c20-14-4-1-3-13(10-14)19(7-2-8-19)18(25)22-15-6-5-12(9-17(23)24)16(21)11-15/h1,3-6,10-11H,2,7-9H2,(H,22,25)(H,23,24).